The van der Waals surface area contributed by atoms with Crippen LogP contribution in [0.4, 0.5) is 5.69 Å². The minimum absolute atomic E-state index is 0.0616. The van der Waals surface area contributed by atoms with Gasteiger partial charge in [0.25, 0.3) is 15.9 Å². The summed E-state index contributed by atoms with van der Waals surface area (Å²) in [5.74, 6) is -0.517. The molecule has 0 unspecified atom stereocenters. The highest BCUT2D eigenvalue weighted by molar-refractivity contribution is 8.16. The maximum Gasteiger partial charge on any atom is 0.272 e. The van der Waals surface area contributed by atoms with E-state index in [0.29, 0.717) is 5.69 Å². The van der Waals surface area contributed by atoms with E-state index in [1.54, 1.807) is 24.3 Å². The smallest absolute Gasteiger partial charge is 0.272 e. The summed E-state index contributed by atoms with van der Waals surface area (Å²) in [6.07, 6.45) is 0. The number of hydrogen-bond acceptors (Lipinski definition) is 5. The van der Waals surface area contributed by atoms with E-state index in [2.05, 4.69) is 4.99 Å². The van der Waals surface area contributed by atoms with Gasteiger partial charge in [-0.1, -0.05) is 78.0 Å². The van der Waals surface area contributed by atoms with Crippen molar-refractivity contribution in [1.29, 1.82) is 0 Å². The molecular formula is C22H18N2O3S2. The van der Waals surface area contributed by atoms with Crippen molar-refractivity contribution >= 4 is 38.5 Å². The van der Waals surface area contributed by atoms with Crippen LogP contribution in [-0.4, -0.2) is 23.8 Å². The first-order valence-corrected chi connectivity index (χ1v) is 11.3. The van der Waals surface area contributed by atoms with Gasteiger partial charge in [0.2, 0.25) is 0 Å². The predicted octanol–water partition coefficient (Wildman–Crippen LogP) is 4.69. The largest absolute Gasteiger partial charge is 0.272 e. The summed E-state index contributed by atoms with van der Waals surface area (Å²) >= 11 is 1.15. The van der Waals surface area contributed by atoms with Gasteiger partial charge in [0.05, 0.1) is 10.6 Å². The van der Waals surface area contributed by atoms with Crippen molar-refractivity contribution in [3.8, 4) is 0 Å². The average Bonchev–Trinajstić information content (AvgIpc) is 3.06. The third-order valence-electron chi connectivity index (χ3n) is 4.46. The van der Waals surface area contributed by atoms with Gasteiger partial charge in [-0.05, 0) is 36.8 Å². The summed E-state index contributed by atoms with van der Waals surface area (Å²) in [5.41, 5.74) is 2.26. The highest BCUT2D eigenvalue weighted by Crippen LogP contribution is 2.42. The van der Waals surface area contributed by atoms with Crippen LogP contribution in [0.2, 0.25) is 0 Å². The van der Waals surface area contributed by atoms with E-state index >= 15 is 0 Å². The van der Waals surface area contributed by atoms with Crippen molar-refractivity contribution in [3.05, 3.63) is 96.1 Å². The number of aryl methyl sites for hydroxylation is 1. The Bertz CT molecular complexity index is 1160. The van der Waals surface area contributed by atoms with Crippen LogP contribution in [0.25, 0.3) is 0 Å². The molecule has 3 aromatic carbocycles. The fourth-order valence-corrected chi connectivity index (χ4v) is 5.79. The lowest BCUT2D eigenvalue weighted by molar-refractivity contribution is -0.122. The van der Waals surface area contributed by atoms with Crippen molar-refractivity contribution in [1.82, 2.24) is 4.31 Å². The molecule has 0 radical (unpaired) electrons. The molecule has 1 saturated heterocycles. The zero-order valence-electron chi connectivity index (χ0n) is 15.6. The molecule has 29 heavy (non-hydrogen) atoms. The quantitative estimate of drug-likeness (QED) is 0.612. The molecule has 5 nitrogen and oxygen atoms in total. The molecule has 146 valence electrons. The second kappa shape index (κ2) is 7.85. The maximum absolute atomic E-state index is 13.3. The molecule has 1 amide bonds. The van der Waals surface area contributed by atoms with Gasteiger partial charge in [-0.25, -0.2) is 13.4 Å². The topological polar surface area (TPSA) is 66.8 Å². The monoisotopic (exact) mass is 422 g/mol. The van der Waals surface area contributed by atoms with Crippen molar-refractivity contribution in [3.63, 3.8) is 0 Å². The van der Waals surface area contributed by atoms with Crippen LogP contribution in [0.5, 0.6) is 0 Å². The normalized spacial score (nSPS) is 18.4. The van der Waals surface area contributed by atoms with Gasteiger partial charge >= 0.3 is 0 Å². The van der Waals surface area contributed by atoms with Crippen molar-refractivity contribution in [2.45, 2.75) is 17.1 Å². The molecule has 1 heterocycles. The summed E-state index contributed by atoms with van der Waals surface area (Å²) in [5, 5.41) is -0.519. The van der Waals surface area contributed by atoms with E-state index in [1.165, 1.54) is 12.1 Å². The summed E-state index contributed by atoms with van der Waals surface area (Å²) in [6, 6.07) is 24.6. The number of benzene rings is 3. The third-order valence-corrected chi connectivity index (χ3v) is 7.48. The average molecular weight is 423 g/mol. The Morgan fingerprint density at radius 2 is 1.45 bits per heavy atom. The van der Waals surface area contributed by atoms with E-state index in [4.69, 9.17) is 0 Å². The van der Waals surface area contributed by atoms with Crippen molar-refractivity contribution < 1.29 is 13.2 Å². The molecule has 0 aliphatic carbocycles. The lowest BCUT2D eigenvalue weighted by Crippen LogP contribution is -2.36. The van der Waals surface area contributed by atoms with Gasteiger partial charge in [0.1, 0.15) is 5.25 Å². The van der Waals surface area contributed by atoms with E-state index in [1.807, 2.05) is 55.5 Å². The molecule has 0 N–H and O–H groups in total. The highest BCUT2D eigenvalue weighted by atomic mass is 32.2. The molecule has 0 spiro atoms. The van der Waals surface area contributed by atoms with Crippen LogP contribution in [0.3, 0.4) is 0 Å². The SMILES string of the molecule is Cc1ccc(S(=O)(=O)N2C(=O)[C@@H](c3ccccc3)SC2=Nc2ccccc2)cc1. The van der Waals surface area contributed by atoms with Crippen LogP contribution in [0.15, 0.2) is 94.8 Å². The molecular weight excluding hydrogens is 404 g/mol. The zero-order chi connectivity index (χ0) is 20.4. The Morgan fingerprint density at radius 1 is 0.862 bits per heavy atom. The fourth-order valence-electron chi connectivity index (χ4n) is 2.96. The van der Waals surface area contributed by atoms with E-state index in [0.717, 1.165) is 27.2 Å². The number of hydrogen-bond donors (Lipinski definition) is 0. The molecule has 4 rings (SSSR count). The van der Waals surface area contributed by atoms with Crippen molar-refractivity contribution in [2.24, 2.45) is 4.99 Å². The minimum atomic E-state index is -4.08. The zero-order valence-corrected chi connectivity index (χ0v) is 17.2. The predicted molar refractivity (Wildman–Crippen MR) is 116 cm³/mol. The van der Waals surface area contributed by atoms with Gasteiger partial charge in [0, 0.05) is 0 Å². The third kappa shape index (κ3) is 3.83. The molecule has 1 aliphatic rings. The number of amides is 1. The standard InChI is InChI=1S/C22H18N2O3S2/c1-16-12-14-19(15-13-16)29(26,27)24-21(25)20(17-8-4-2-5-9-17)28-22(24)23-18-10-6-3-7-11-18/h2-15,20H,1H3/t20-/m1/s1. The number of carbonyl (C=O) groups is 1. The van der Waals surface area contributed by atoms with Gasteiger partial charge < -0.3 is 0 Å². The molecule has 1 fully saturated rings. The number of para-hydroxylation sites is 1. The van der Waals surface area contributed by atoms with E-state index in [-0.39, 0.29) is 10.1 Å². The molecule has 7 heteroatoms. The van der Waals surface area contributed by atoms with Gasteiger partial charge in [-0.15, -0.1) is 0 Å². The Morgan fingerprint density at radius 3 is 2.07 bits per heavy atom. The van der Waals surface area contributed by atoms with Crippen LogP contribution < -0.4 is 0 Å². The summed E-state index contributed by atoms with van der Waals surface area (Å²) in [4.78, 5) is 17.8. The van der Waals surface area contributed by atoms with Crippen LogP contribution in [-0.2, 0) is 14.8 Å². The second-order valence-electron chi connectivity index (χ2n) is 6.56. The first-order chi connectivity index (χ1) is 14.0. The van der Waals surface area contributed by atoms with Crippen molar-refractivity contribution in [2.75, 3.05) is 0 Å². The summed E-state index contributed by atoms with van der Waals surface area (Å²) in [6.45, 7) is 1.88. The number of aliphatic imine (C=N–C) groups is 1. The number of carbonyl (C=O) groups excluding carboxylic acids is 1. The number of amidine groups is 1. The first kappa shape index (κ1) is 19.4. The Balaban J connectivity index is 1.82. The van der Waals surface area contributed by atoms with E-state index < -0.39 is 21.2 Å². The summed E-state index contributed by atoms with van der Waals surface area (Å²) < 4.78 is 27.5. The second-order valence-corrected chi connectivity index (χ2v) is 9.42. The first-order valence-electron chi connectivity index (χ1n) is 8.98. The highest BCUT2D eigenvalue weighted by Gasteiger charge is 2.46. The number of thioether (sulfide) groups is 1. The maximum atomic E-state index is 13.3. The number of rotatable bonds is 4. The number of nitrogens with zero attached hydrogens (tertiary/aromatic N) is 2. The molecule has 0 bridgehead atoms. The van der Waals surface area contributed by atoms with Crippen LogP contribution >= 0.6 is 11.8 Å². The number of sulfonamides is 1. The van der Waals surface area contributed by atoms with E-state index in [9.17, 15) is 13.2 Å². The Kier molecular flexibility index (Phi) is 5.25. The molecule has 0 aromatic heterocycles. The fraction of sp³-hybridized carbons (Fsp3) is 0.0909. The van der Waals surface area contributed by atoms with Crippen LogP contribution in [0.1, 0.15) is 16.4 Å². The molecule has 1 atom stereocenters. The minimum Gasteiger partial charge on any atom is -0.272 e. The van der Waals surface area contributed by atoms with Gasteiger partial charge in [-0.3, -0.25) is 4.79 Å². The lowest BCUT2D eigenvalue weighted by Gasteiger charge is -2.17. The van der Waals surface area contributed by atoms with Crippen LogP contribution in [0, 0.1) is 6.92 Å². The molecule has 0 saturated carbocycles. The van der Waals surface area contributed by atoms with Gasteiger partial charge in [-0.2, -0.15) is 4.31 Å². The Hall–Kier alpha value is -2.90. The lowest BCUT2D eigenvalue weighted by atomic mass is 10.1. The summed E-state index contributed by atoms with van der Waals surface area (Å²) in [7, 11) is -4.08. The molecule has 1 aliphatic heterocycles. The Labute approximate surface area is 174 Å². The van der Waals surface area contributed by atoms with Gasteiger partial charge in [0.15, 0.2) is 5.17 Å². The molecule has 3 aromatic rings.